The zero-order chi connectivity index (χ0) is 26.2. The van der Waals surface area contributed by atoms with E-state index in [1.165, 1.54) is 25.0 Å². The number of ether oxygens (including phenoxy) is 4. The summed E-state index contributed by atoms with van der Waals surface area (Å²) in [6.45, 7) is 0.972. The van der Waals surface area contributed by atoms with Crippen molar-refractivity contribution in [2.24, 2.45) is 0 Å². The third-order valence-corrected chi connectivity index (χ3v) is 8.57. The number of carbonyl (C=O) groups is 1. The van der Waals surface area contributed by atoms with Gasteiger partial charge in [-0.05, 0) is 24.3 Å². The summed E-state index contributed by atoms with van der Waals surface area (Å²) >= 11 is 1.53. The number of nitrogen functional groups attached to an aromatic ring is 1. The topological polar surface area (TPSA) is 149 Å². The molecule has 1 aromatic heterocycles. The minimum Gasteiger partial charge on any atom is -0.497 e. The number of anilines is 3. The average molecular weight is 550 g/mol. The highest BCUT2D eigenvalue weighted by Gasteiger charge is 2.61. The molecule has 37 heavy (non-hydrogen) atoms. The van der Waals surface area contributed by atoms with Crippen molar-refractivity contribution in [2.45, 2.75) is 41.9 Å². The Bertz CT molecular complexity index is 1140. The van der Waals surface area contributed by atoms with Crippen LogP contribution in [0.4, 0.5) is 17.3 Å². The van der Waals surface area contributed by atoms with Crippen LogP contribution >= 0.6 is 19.6 Å². The molecule has 0 bridgehead atoms. The number of benzene rings is 1. The quantitative estimate of drug-likeness (QED) is 0.213. The molecule has 5 rings (SSSR count). The number of thioether (sulfide) groups is 1. The number of fused-ring (bicyclic) bond motifs is 2. The van der Waals surface area contributed by atoms with E-state index >= 15 is 0 Å². The molecule has 2 saturated heterocycles. The second-order valence-corrected chi connectivity index (χ2v) is 11.2. The van der Waals surface area contributed by atoms with Crippen LogP contribution in [0.3, 0.4) is 0 Å². The highest BCUT2D eigenvalue weighted by Crippen LogP contribution is 2.63. The first-order valence-electron chi connectivity index (χ1n) is 11.2. The van der Waals surface area contributed by atoms with Gasteiger partial charge >= 0.3 is 21.4 Å². The van der Waals surface area contributed by atoms with Crippen LogP contribution in [-0.4, -0.2) is 81.2 Å². The van der Waals surface area contributed by atoms with Gasteiger partial charge < -0.3 is 30.0 Å². The molecule has 13 nitrogen and oxygen atoms in total. The predicted molar refractivity (Wildman–Crippen MR) is 136 cm³/mol. The largest absolute Gasteiger partial charge is 0.497 e. The zero-order valence-electron chi connectivity index (χ0n) is 20.3. The van der Waals surface area contributed by atoms with Gasteiger partial charge in [0.1, 0.15) is 36.6 Å². The second kappa shape index (κ2) is 10.8. The summed E-state index contributed by atoms with van der Waals surface area (Å²) in [6.07, 6.45) is -0.973. The molecule has 0 amide bonds. The molecule has 6 atom stereocenters. The summed E-state index contributed by atoms with van der Waals surface area (Å²) in [6, 6.07) is 7.67. The lowest BCUT2D eigenvalue weighted by Crippen LogP contribution is -2.50. The highest BCUT2D eigenvalue weighted by atomic mass is 32.2. The van der Waals surface area contributed by atoms with Gasteiger partial charge in [0.15, 0.2) is 29.5 Å². The number of aromatic nitrogens is 2. The van der Waals surface area contributed by atoms with Crippen LogP contribution in [0.1, 0.15) is 6.92 Å². The lowest BCUT2D eigenvalue weighted by atomic mass is 10.1. The standard InChI is InChI=1S/C21H26BN5O8PS/c1-11(28)31-10-33-36(22)32-8-14-16(35-36)17(30-3)20(34-14)27-19-15(18(23)24-9-25-19)26-21(27)37-13-6-4-12(29-2)5-7-13/h4-7,9,14,16-17,20-21,26H,8,10H2,1-3H3,(H2,23,24,25)/q+1/t14?,16-,17?,20?,21?,36?/m1/s1. The molecule has 3 aliphatic rings. The van der Waals surface area contributed by atoms with E-state index in [9.17, 15) is 4.79 Å². The molecule has 1 aromatic carbocycles. The van der Waals surface area contributed by atoms with E-state index in [1.54, 1.807) is 14.2 Å². The Morgan fingerprint density at radius 1 is 1.32 bits per heavy atom. The number of carbonyl (C=O) groups excluding carboxylic acids is 1. The van der Waals surface area contributed by atoms with Crippen molar-refractivity contribution in [2.75, 3.05) is 43.6 Å². The molecule has 5 unspecified atom stereocenters. The fraction of sp³-hybridized carbons (Fsp3) is 0.476. The van der Waals surface area contributed by atoms with Crippen molar-refractivity contribution < 1.29 is 37.3 Å². The predicted octanol–water partition coefficient (Wildman–Crippen LogP) is 1.91. The number of esters is 1. The molecular weight excluding hydrogens is 524 g/mol. The average Bonchev–Trinajstić information content (AvgIpc) is 3.41. The number of hydrogen-bond donors (Lipinski definition) is 2. The van der Waals surface area contributed by atoms with Gasteiger partial charge in [-0.1, -0.05) is 11.8 Å². The highest BCUT2D eigenvalue weighted by molar-refractivity contribution is 8.00. The Hall–Kier alpha value is -2.39. The van der Waals surface area contributed by atoms with E-state index in [0.717, 1.165) is 10.6 Å². The number of rotatable bonds is 8. The molecule has 2 aromatic rings. The summed E-state index contributed by atoms with van der Waals surface area (Å²) in [7, 11) is 6.12. The SMILES string of the molecule is [B][P+]1(OCOC(C)=O)OCC2OC(N3c4ncnc(N)c4NC3Sc3ccc(OC)cc3)C(OC)[C@@H]2O1. The van der Waals surface area contributed by atoms with Crippen LogP contribution in [0.25, 0.3) is 0 Å². The van der Waals surface area contributed by atoms with Crippen molar-refractivity contribution in [1.82, 2.24) is 9.97 Å². The van der Waals surface area contributed by atoms with Crippen molar-refractivity contribution >= 4 is 50.4 Å². The molecule has 4 heterocycles. The van der Waals surface area contributed by atoms with Crippen LogP contribution < -0.4 is 20.7 Å². The maximum absolute atomic E-state index is 11.1. The molecule has 0 spiro atoms. The van der Waals surface area contributed by atoms with Gasteiger partial charge in [-0.2, -0.15) is 13.6 Å². The zero-order valence-corrected chi connectivity index (χ0v) is 22.0. The molecule has 3 aliphatic heterocycles. The molecule has 2 radical (unpaired) electrons. The second-order valence-electron chi connectivity index (χ2n) is 8.21. The smallest absolute Gasteiger partial charge is 0.488 e. The number of nitrogens with zero attached hydrogens (tertiary/aromatic N) is 3. The van der Waals surface area contributed by atoms with Gasteiger partial charge in [0.25, 0.3) is 0 Å². The maximum atomic E-state index is 11.1. The van der Waals surface area contributed by atoms with Gasteiger partial charge in [-0.15, -0.1) is 0 Å². The van der Waals surface area contributed by atoms with Crippen molar-refractivity contribution in [3.63, 3.8) is 0 Å². The summed E-state index contributed by atoms with van der Waals surface area (Å²) < 4.78 is 39.5. The number of methoxy groups -OCH3 is 2. The van der Waals surface area contributed by atoms with E-state index in [-0.39, 0.29) is 18.9 Å². The summed E-state index contributed by atoms with van der Waals surface area (Å²) in [5, 5.41) is 3.40. The van der Waals surface area contributed by atoms with Gasteiger partial charge in [0.05, 0.1) is 7.11 Å². The van der Waals surface area contributed by atoms with Gasteiger partial charge in [-0.3, -0.25) is 9.69 Å². The minimum atomic E-state index is -3.28. The molecular formula is C21H26BN5O8PS+. The molecule has 196 valence electrons. The molecule has 3 N–H and O–H groups in total. The maximum Gasteiger partial charge on any atom is 0.488 e. The van der Waals surface area contributed by atoms with Crippen LogP contribution in [-0.2, 0) is 32.6 Å². The van der Waals surface area contributed by atoms with Crippen LogP contribution in [0.5, 0.6) is 5.75 Å². The van der Waals surface area contributed by atoms with E-state index in [2.05, 4.69) is 15.3 Å². The lowest BCUT2D eigenvalue weighted by molar-refractivity contribution is -0.149. The van der Waals surface area contributed by atoms with Crippen molar-refractivity contribution in [3.05, 3.63) is 30.6 Å². The Morgan fingerprint density at radius 2 is 2.11 bits per heavy atom. The van der Waals surface area contributed by atoms with Crippen molar-refractivity contribution in [3.8, 4) is 5.75 Å². The Balaban J connectivity index is 1.40. The van der Waals surface area contributed by atoms with Crippen molar-refractivity contribution in [1.29, 1.82) is 0 Å². The lowest BCUT2D eigenvalue weighted by Gasteiger charge is -2.34. The van der Waals surface area contributed by atoms with Gasteiger partial charge in [0.2, 0.25) is 6.79 Å². The minimum absolute atomic E-state index is 0.0989. The number of hydrogen-bond acceptors (Lipinski definition) is 14. The fourth-order valence-electron chi connectivity index (χ4n) is 4.22. The number of nitrogens with two attached hydrogens (primary N) is 1. The van der Waals surface area contributed by atoms with E-state index in [4.69, 9.17) is 45.8 Å². The Labute approximate surface area is 219 Å². The molecule has 0 saturated carbocycles. The summed E-state index contributed by atoms with van der Waals surface area (Å²) in [5.74, 6) is 1.11. The van der Waals surface area contributed by atoms with Crippen LogP contribution in [0.15, 0.2) is 35.5 Å². The first-order valence-corrected chi connectivity index (χ1v) is 13.7. The van der Waals surface area contributed by atoms with E-state index in [1.807, 2.05) is 29.2 Å². The Kier molecular flexibility index (Phi) is 7.64. The summed E-state index contributed by atoms with van der Waals surface area (Å²) in [4.78, 5) is 22.6. The van der Waals surface area contributed by atoms with E-state index in [0.29, 0.717) is 17.3 Å². The third-order valence-electron chi connectivity index (χ3n) is 5.94. The van der Waals surface area contributed by atoms with Crippen LogP contribution in [0.2, 0.25) is 0 Å². The van der Waals surface area contributed by atoms with Crippen LogP contribution in [0, 0.1) is 0 Å². The fourth-order valence-corrected chi connectivity index (χ4v) is 6.63. The normalized spacial score (nSPS) is 30.4. The molecule has 0 aliphatic carbocycles. The monoisotopic (exact) mass is 550 g/mol. The molecule has 2 fully saturated rings. The molecule has 16 heteroatoms. The number of nitrogens with one attached hydrogen (secondary N) is 1. The first-order chi connectivity index (χ1) is 17.8. The van der Waals surface area contributed by atoms with Gasteiger partial charge in [0, 0.05) is 18.9 Å². The third kappa shape index (κ3) is 5.30. The summed E-state index contributed by atoms with van der Waals surface area (Å²) in [5.41, 5.74) is 6.38. The van der Waals surface area contributed by atoms with E-state index < -0.39 is 38.3 Å². The first kappa shape index (κ1) is 26.2. The Morgan fingerprint density at radius 3 is 2.81 bits per heavy atom. The van der Waals surface area contributed by atoms with Gasteiger partial charge in [-0.25, -0.2) is 9.97 Å².